The molecule has 3 unspecified atom stereocenters. The molecule has 0 N–H and O–H groups in total. The maximum absolute atomic E-state index is 5.97. The second-order valence-corrected chi connectivity index (χ2v) is 5.07. The van der Waals surface area contributed by atoms with E-state index in [1.165, 1.54) is 6.42 Å². The number of rotatable bonds is 3. The highest BCUT2D eigenvalue weighted by atomic mass is 35.5. The van der Waals surface area contributed by atoms with E-state index in [1.807, 2.05) is 17.8 Å². The molecular formula is C11H18ClN3O. The van der Waals surface area contributed by atoms with Crippen molar-refractivity contribution in [1.82, 2.24) is 15.0 Å². The quantitative estimate of drug-likeness (QED) is 0.767. The number of methoxy groups -OCH3 is 1. The Morgan fingerprint density at radius 1 is 1.56 bits per heavy atom. The highest BCUT2D eigenvalue weighted by molar-refractivity contribution is 6.20. The smallest absolute Gasteiger partial charge is 0.100 e. The second-order valence-electron chi connectivity index (χ2n) is 4.42. The molecule has 5 heteroatoms. The van der Waals surface area contributed by atoms with Crippen LogP contribution in [-0.2, 0) is 4.74 Å². The fourth-order valence-corrected chi connectivity index (χ4v) is 2.33. The van der Waals surface area contributed by atoms with Crippen LogP contribution in [0, 0.1) is 0 Å². The highest BCUT2D eigenvalue weighted by Gasteiger charge is 2.24. The largest absolute Gasteiger partial charge is 0.381 e. The minimum atomic E-state index is -0.0736. The molecule has 2 rings (SSSR count). The molecule has 90 valence electrons. The SMILES string of the molecule is COC1CCCC(n2cc(C(C)Cl)nn2)C1. The van der Waals surface area contributed by atoms with Gasteiger partial charge < -0.3 is 4.74 Å². The van der Waals surface area contributed by atoms with Gasteiger partial charge in [0.2, 0.25) is 0 Å². The van der Waals surface area contributed by atoms with Crippen molar-refractivity contribution >= 4 is 11.6 Å². The first-order valence-electron chi connectivity index (χ1n) is 5.79. The summed E-state index contributed by atoms with van der Waals surface area (Å²) in [6.07, 6.45) is 6.84. The Morgan fingerprint density at radius 2 is 2.38 bits per heavy atom. The van der Waals surface area contributed by atoms with Gasteiger partial charge in [0.05, 0.1) is 23.7 Å². The molecule has 0 spiro atoms. The van der Waals surface area contributed by atoms with Crippen LogP contribution in [0.25, 0.3) is 0 Å². The molecule has 4 nitrogen and oxygen atoms in total. The van der Waals surface area contributed by atoms with E-state index >= 15 is 0 Å². The Bertz CT molecular complexity index is 340. The van der Waals surface area contributed by atoms with Crippen molar-refractivity contribution < 1.29 is 4.74 Å². The van der Waals surface area contributed by atoms with Crippen molar-refractivity contribution in [1.29, 1.82) is 0 Å². The molecular weight excluding hydrogens is 226 g/mol. The average Bonchev–Trinajstić information content (AvgIpc) is 2.78. The number of hydrogen-bond donors (Lipinski definition) is 0. The maximum Gasteiger partial charge on any atom is 0.100 e. The number of aromatic nitrogens is 3. The molecule has 0 saturated heterocycles. The van der Waals surface area contributed by atoms with Crippen molar-refractivity contribution in [3.05, 3.63) is 11.9 Å². The fraction of sp³-hybridized carbons (Fsp3) is 0.818. The van der Waals surface area contributed by atoms with Crippen LogP contribution in [0.15, 0.2) is 6.20 Å². The van der Waals surface area contributed by atoms with Gasteiger partial charge >= 0.3 is 0 Å². The average molecular weight is 244 g/mol. The third-order valence-corrected chi connectivity index (χ3v) is 3.47. The van der Waals surface area contributed by atoms with Gasteiger partial charge in [-0.1, -0.05) is 5.21 Å². The van der Waals surface area contributed by atoms with Crippen LogP contribution in [0.4, 0.5) is 0 Å². The van der Waals surface area contributed by atoms with Crippen LogP contribution >= 0.6 is 11.6 Å². The Hall–Kier alpha value is -0.610. The molecule has 1 aliphatic rings. The van der Waals surface area contributed by atoms with E-state index in [9.17, 15) is 0 Å². The summed E-state index contributed by atoms with van der Waals surface area (Å²) in [7, 11) is 1.78. The highest BCUT2D eigenvalue weighted by Crippen LogP contribution is 2.30. The summed E-state index contributed by atoms with van der Waals surface area (Å²) in [5.74, 6) is 0. The van der Waals surface area contributed by atoms with Gasteiger partial charge in [-0.05, 0) is 32.6 Å². The van der Waals surface area contributed by atoms with Crippen LogP contribution in [0.2, 0.25) is 0 Å². The van der Waals surface area contributed by atoms with Gasteiger partial charge in [-0.15, -0.1) is 16.7 Å². The van der Waals surface area contributed by atoms with E-state index in [0.29, 0.717) is 12.1 Å². The normalized spacial score (nSPS) is 27.9. The van der Waals surface area contributed by atoms with Gasteiger partial charge in [0.15, 0.2) is 0 Å². The maximum atomic E-state index is 5.97. The zero-order valence-electron chi connectivity index (χ0n) is 9.77. The minimum absolute atomic E-state index is 0.0736. The lowest BCUT2D eigenvalue weighted by Gasteiger charge is -2.27. The van der Waals surface area contributed by atoms with Crippen molar-refractivity contribution in [3.8, 4) is 0 Å². The lowest BCUT2D eigenvalue weighted by atomic mass is 9.93. The predicted octanol–water partition coefficient (Wildman–Crippen LogP) is 2.71. The van der Waals surface area contributed by atoms with Gasteiger partial charge in [0.25, 0.3) is 0 Å². The molecule has 0 radical (unpaired) electrons. The van der Waals surface area contributed by atoms with E-state index in [-0.39, 0.29) is 5.38 Å². The molecule has 1 fully saturated rings. The molecule has 1 aliphatic carbocycles. The molecule has 0 amide bonds. The summed E-state index contributed by atoms with van der Waals surface area (Å²) < 4.78 is 7.35. The van der Waals surface area contributed by atoms with Gasteiger partial charge in [-0.2, -0.15) is 0 Å². The summed E-state index contributed by atoms with van der Waals surface area (Å²) in [6.45, 7) is 1.91. The lowest BCUT2D eigenvalue weighted by molar-refractivity contribution is 0.0504. The van der Waals surface area contributed by atoms with Gasteiger partial charge in [0.1, 0.15) is 5.69 Å². The molecule has 1 saturated carbocycles. The van der Waals surface area contributed by atoms with E-state index in [2.05, 4.69) is 10.3 Å². The zero-order valence-corrected chi connectivity index (χ0v) is 10.5. The van der Waals surface area contributed by atoms with Gasteiger partial charge in [-0.25, -0.2) is 4.68 Å². The van der Waals surface area contributed by atoms with Crippen LogP contribution in [-0.4, -0.2) is 28.2 Å². The minimum Gasteiger partial charge on any atom is -0.381 e. The monoisotopic (exact) mass is 243 g/mol. The number of nitrogens with zero attached hydrogens (tertiary/aromatic N) is 3. The molecule has 0 aliphatic heterocycles. The van der Waals surface area contributed by atoms with E-state index in [0.717, 1.165) is 25.0 Å². The summed E-state index contributed by atoms with van der Waals surface area (Å²) in [4.78, 5) is 0. The third kappa shape index (κ3) is 2.55. The Balaban J connectivity index is 2.05. The Labute approximate surface area is 101 Å². The molecule has 1 aromatic rings. The van der Waals surface area contributed by atoms with Crippen molar-refractivity contribution in [2.24, 2.45) is 0 Å². The summed E-state index contributed by atoms with van der Waals surface area (Å²) in [6, 6.07) is 0.412. The van der Waals surface area contributed by atoms with Crippen molar-refractivity contribution in [2.75, 3.05) is 7.11 Å². The third-order valence-electron chi connectivity index (χ3n) is 3.24. The first-order chi connectivity index (χ1) is 7.70. The topological polar surface area (TPSA) is 39.9 Å². The van der Waals surface area contributed by atoms with Crippen molar-refractivity contribution in [3.63, 3.8) is 0 Å². The molecule has 1 aromatic heterocycles. The molecule has 1 heterocycles. The standard InChI is InChI=1S/C11H18ClN3O/c1-8(12)11-7-15(14-13-11)9-4-3-5-10(6-9)16-2/h7-10H,3-6H2,1-2H3. The van der Waals surface area contributed by atoms with Gasteiger partial charge in [0, 0.05) is 7.11 Å². The Kier molecular flexibility index (Phi) is 3.82. The van der Waals surface area contributed by atoms with E-state index in [4.69, 9.17) is 16.3 Å². The van der Waals surface area contributed by atoms with Crippen LogP contribution in [0.3, 0.4) is 0 Å². The molecule has 0 bridgehead atoms. The fourth-order valence-electron chi connectivity index (χ4n) is 2.23. The number of halogens is 1. The second kappa shape index (κ2) is 5.15. The Morgan fingerprint density at radius 3 is 3.00 bits per heavy atom. The van der Waals surface area contributed by atoms with Crippen LogP contribution in [0.5, 0.6) is 0 Å². The molecule has 16 heavy (non-hydrogen) atoms. The van der Waals surface area contributed by atoms with Crippen LogP contribution in [0.1, 0.15) is 49.7 Å². The first kappa shape index (κ1) is 11.9. The first-order valence-corrected chi connectivity index (χ1v) is 6.23. The van der Waals surface area contributed by atoms with Gasteiger partial charge in [-0.3, -0.25) is 0 Å². The summed E-state index contributed by atoms with van der Waals surface area (Å²) in [5, 5.41) is 8.16. The van der Waals surface area contributed by atoms with Crippen LogP contribution < -0.4 is 0 Å². The predicted molar refractivity (Wildman–Crippen MR) is 62.6 cm³/mol. The van der Waals surface area contributed by atoms with E-state index < -0.39 is 0 Å². The number of hydrogen-bond acceptors (Lipinski definition) is 3. The number of ether oxygens (including phenoxy) is 1. The number of alkyl halides is 1. The zero-order chi connectivity index (χ0) is 11.5. The summed E-state index contributed by atoms with van der Waals surface area (Å²) in [5.41, 5.74) is 0.848. The molecule has 3 atom stereocenters. The molecule has 0 aromatic carbocycles. The lowest BCUT2D eigenvalue weighted by Crippen LogP contribution is -2.24. The van der Waals surface area contributed by atoms with Crippen molar-refractivity contribution in [2.45, 2.75) is 50.1 Å². The summed E-state index contributed by atoms with van der Waals surface area (Å²) >= 11 is 5.97. The van der Waals surface area contributed by atoms with E-state index in [1.54, 1.807) is 7.11 Å².